The Labute approximate surface area is 137 Å². The van der Waals surface area contributed by atoms with Gasteiger partial charge in [-0.25, -0.2) is 4.39 Å². The van der Waals surface area contributed by atoms with Crippen molar-refractivity contribution >= 4 is 5.91 Å². The Bertz CT molecular complexity index is 518. The molecule has 5 nitrogen and oxygen atoms in total. The first-order valence-electron chi connectivity index (χ1n) is 8.02. The number of carbonyl (C=O) groups is 1. The molecule has 1 aliphatic heterocycles. The van der Waals surface area contributed by atoms with Crippen LogP contribution in [0.2, 0.25) is 0 Å². The van der Waals surface area contributed by atoms with Crippen LogP contribution in [0.25, 0.3) is 0 Å². The van der Waals surface area contributed by atoms with Crippen molar-refractivity contribution < 1.29 is 13.9 Å². The first kappa shape index (κ1) is 17.8. The molecule has 1 aliphatic rings. The number of nitrogens with two attached hydrogens (primary N) is 1. The molecule has 1 saturated heterocycles. The fourth-order valence-corrected chi connectivity index (χ4v) is 2.92. The number of carbonyl (C=O) groups excluding carboxylic acids is 1. The molecule has 1 aromatic rings. The van der Waals surface area contributed by atoms with E-state index in [9.17, 15) is 9.18 Å². The lowest BCUT2D eigenvalue weighted by atomic mass is 9.92. The van der Waals surface area contributed by atoms with Gasteiger partial charge in [0.05, 0.1) is 12.1 Å². The molecule has 0 saturated carbocycles. The Hall–Kier alpha value is -1.50. The van der Waals surface area contributed by atoms with Gasteiger partial charge in [-0.1, -0.05) is 12.1 Å². The minimum Gasteiger partial charge on any atom is -0.381 e. The smallest absolute Gasteiger partial charge is 0.237 e. The van der Waals surface area contributed by atoms with E-state index in [1.807, 2.05) is 25.1 Å². The third-order valence-electron chi connectivity index (χ3n) is 4.40. The van der Waals surface area contributed by atoms with Gasteiger partial charge in [0.25, 0.3) is 0 Å². The fourth-order valence-electron chi connectivity index (χ4n) is 2.92. The van der Waals surface area contributed by atoms with Gasteiger partial charge >= 0.3 is 0 Å². The quantitative estimate of drug-likeness (QED) is 0.828. The van der Waals surface area contributed by atoms with Gasteiger partial charge in [0.2, 0.25) is 5.91 Å². The summed E-state index contributed by atoms with van der Waals surface area (Å²) < 4.78 is 18.7. The Morgan fingerprint density at radius 1 is 1.43 bits per heavy atom. The minimum atomic E-state index is -0.519. The standard InChI is InChI=1S/C17H26FN3O2/c1-21(2)15(13-4-3-5-14(18)10-13)11-20-17(22)16(19)12-6-8-23-9-7-12/h3-5,10,12,15-16H,6-9,11,19H2,1-2H3,(H,20,22). The molecule has 2 unspecified atom stereocenters. The van der Waals surface area contributed by atoms with Crippen LogP contribution in [0.5, 0.6) is 0 Å². The summed E-state index contributed by atoms with van der Waals surface area (Å²) in [7, 11) is 3.81. The van der Waals surface area contributed by atoms with Crippen LogP contribution < -0.4 is 11.1 Å². The van der Waals surface area contributed by atoms with Gasteiger partial charge in [0.15, 0.2) is 0 Å². The molecule has 0 spiro atoms. The Morgan fingerprint density at radius 3 is 2.74 bits per heavy atom. The van der Waals surface area contributed by atoms with E-state index < -0.39 is 6.04 Å². The molecule has 128 valence electrons. The summed E-state index contributed by atoms with van der Waals surface area (Å²) in [4.78, 5) is 14.3. The maximum atomic E-state index is 13.4. The summed E-state index contributed by atoms with van der Waals surface area (Å²) in [6, 6.07) is 5.82. The van der Waals surface area contributed by atoms with Crippen molar-refractivity contribution in [1.29, 1.82) is 0 Å². The highest BCUT2D eigenvalue weighted by Gasteiger charge is 2.27. The number of ether oxygens (including phenoxy) is 1. The average Bonchev–Trinajstić information content (AvgIpc) is 2.54. The van der Waals surface area contributed by atoms with Gasteiger partial charge in [0, 0.05) is 19.8 Å². The number of hydrogen-bond donors (Lipinski definition) is 2. The van der Waals surface area contributed by atoms with E-state index in [4.69, 9.17) is 10.5 Å². The highest BCUT2D eigenvalue weighted by atomic mass is 19.1. The van der Waals surface area contributed by atoms with Crippen molar-refractivity contribution in [2.24, 2.45) is 11.7 Å². The molecular formula is C17H26FN3O2. The van der Waals surface area contributed by atoms with Crippen LogP contribution in [0.1, 0.15) is 24.4 Å². The summed E-state index contributed by atoms with van der Waals surface area (Å²) in [6.07, 6.45) is 1.63. The highest BCUT2D eigenvalue weighted by molar-refractivity contribution is 5.81. The van der Waals surface area contributed by atoms with Gasteiger partial charge in [-0.2, -0.15) is 0 Å². The molecule has 23 heavy (non-hydrogen) atoms. The number of amides is 1. The first-order chi connectivity index (χ1) is 11.0. The molecule has 3 N–H and O–H groups in total. The number of benzene rings is 1. The zero-order valence-electron chi connectivity index (χ0n) is 13.8. The van der Waals surface area contributed by atoms with E-state index in [2.05, 4.69) is 5.32 Å². The van der Waals surface area contributed by atoms with E-state index >= 15 is 0 Å². The molecule has 0 radical (unpaired) electrons. The second-order valence-electron chi connectivity index (χ2n) is 6.26. The van der Waals surface area contributed by atoms with E-state index in [1.165, 1.54) is 12.1 Å². The van der Waals surface area contributed by atoms with Crippen molar-refractivity contribution in [3.63, 3.8) is 0 Å². The Balaban J connectivity index is 1.94. The van der Waals surface area contributed by atoms with Crippen LogP contribution in [0.3, 0.4) is 0 Å². The number of likely N-dealkylation sites (N-methyl/N-ethyl adjacent to an activating group) is 1. The number of halogens is 1. The molecule has 1 amide bonds. The molecule has 2 rings (SSSR count). The molecule has 0 aromatic heterocycles. The van der Waals surface area contributed by atoms with E-state index in [1.54, 1.807) is 6.07 Å². The summed E-state index contributed by atoms with van der Waals surface area (Å²) in [5.41, 5.74) is 6.90. The van der Waals surface area contributed by atoms with Gasteiger partial charge in [0.1, 0.15) is 5.82 Å². The molecule has 1 aromatic carbocycles. The predicted octanol–water partition coefficient (Wildman–Crippen LogP) is 1.30. The van der Waals surface area contributed by atoms with Gasteiger partial charge in [-0.3, -0.25) is 4.79 Å². The summed E-state index contributed by atoms with van der Waals surface area (Å²) in [6.45, 7) is 1.72. The van der Waals surface area contributed by atoms with Gasteiger partial charge < -0.3 is 20.7 Å². The fraction of sp³-hybridized carbons (Fsp3) is 0.588. The molecule has 1 heterocycles. The lowest BCUT2D eigenvalue weighted by Gasteiger charge is -2.29. The Morgan fingerprint density at radius 2 is 2.13 bits per heavy atom. The third-order valence-corrected chi connectivity index (χ3v) is 4.40. The van der Waals surface area contributed by atoms with Crippen LogP contribution in [-0.4, -0.2) is 50.7 Å². The zero-order valence-corrected chi connectivity index (χ0v) is 13.8. The topological polar surface area (TPSA) is 67.6 Å². The number of hydrogen-bond acceptors (Lipinski definition) is 4. The van der Waals surface area contributed by atoms with E-state index in [0.29, 0.717) is 19.8 Å². The summed E-state index contributed by atoms with van der Waals surface area (Å²) >= 11 is 0. The normalized spacial score (nSPS) is 18.7. The van der Waals surface area contributed by atoms with Crippen molar-refractivity contribution in [2.75, 3.05) is 33.9 Å². The largest absolute Gasteiger partial charge is 0.381 e. The lowest BCUT2D eigenvalue weighted by molar-refractivity contribution is -0.124. The molecule has 6 heteroatoms. The minimum absolute atomic E-state index is 0.100. The highest BCUT2D eigenvalue weighted by Crippen LogP contribution is 2.20. The maximum absolute atomic E-state index is 13.4. The Kier molecular flexibility index (Phi) is 6.50. The number of rotatable bonds is 6. The van der Waals surface area contributed by atoms with Crippen LogP contribution in [0, 0.1) is 11.7 Å². The van der Waals surface area contributed by atoms with E-state index in [0.717, 1.165) is 18.4 Å². The summed E-state index contributed by atoms with van der Waals surface area (Å²) in [5.74, 6) is -0.268. The number of nitrogens with one attached hydrogen (secondary N) is 1. The van der Waals surface area contributed by atoms with Crippen molar-refractivity contribution in [3.05, 3.63) is 35.6 Å². The van der Waals surface area contributed by atoms with Crippen molar-refractivity contribution in [2.45, 2.75) is 24.9 Å². The summed E-state index contributed by atoms with van der Waals surface area (Å²) in [5, 5.41) is 2.91. The van der Waals surface area contributed by atoms with Crippen LogP contribution in [0.15, 0.2) is 24.3 Å². The molecule has 1 fully saturated rings. The monoisotopic (exact) mass is 323 g/mol. The predicted molar refractivity (Wildman–Crippen MR) is 87.4 cm³/mol. The second-order valence-corrected chi connectivity index (χ2v) is 6.26. The number of nitrogens with zero attached hydrogens (tertiary/aromatic N) is 1. The van der Waals surface area contributed by atoms with Crippen LogP contribution in [-0.2, 0) is 9.53 Å². The molecule has 0 aliphatic carbocycles. The lowest BCUT2D eigenvalue weighted by Crippen LogP contribution is -2.48. The van der Waals surface area contributed by atoms with Gasteiger partial charge in [-0.05, 0) is 50.6 Å². The molecular weight excluding hydrogens is 297 g/mol. The maximum Gasteiger partial charge on any atom is 0.237 e. The van der Waals surface area contributed by atoms with E-state index in [-0.39, 0.29) is 23.7 Å². The van der Waals surface area contributed by atoms with Crippen LogP contribution >= 0.6 is 0 Å². The van der Waals surface area contributed by atoms with Crippen molar-refractivity contribution in [3.8, 4) is 0 Å². The van der Waals surface area contributed by atoms with Crippen LogP contribution in [0.4, 0.5) is 4.39 Å². The van der Waals surface area contributed by atoms with Gasteiger partial charge in [-0.15, -0.1) is 0 Å². The average molecular weight is 323 g/mol. The molecule has 0 bridgehead atoms. The second kappa shape index (κ2) is 8.38. The SMILES string of the molecule is CN(C)C(CNC(=O)C(N)C1CCOCC1)c1cccc(F)c1. The molecule has 2 atom stereocenters. The first-order valence-corrected chi connectivity index (χ1v) is 8.02. The van der Waals surface area contributed by atoms with Crippen molar-refractivity contribution in [1.82, 2.24) is 10.2 Å². The third kappa shape index (κ3) is 4.99. The zero-order chi connectivity index (χ0) is 16.8.